The molecule has 2 aliphatic heterocycles. The minimum Gasteiger partial charge on any atom is -0.486 e. The third-order valence-corrected chi connectivity index (χ3v) is 5.62. The molecule has 1 amide bonds. The van der Waals surface area contributed by atoms with Gasteiger partial charge in [-0.25, -0.2) is 0 Å². The van der Waals surface area contributed by atoms with Gasteiger partial charge in [0.1, 0.15) is 13.2 Å². The Morgan fingerprint density at radius 2 is 1.80 bits per heavy atom. The Morgan fingerprint density at radius 3 is 2.56 bits per heavy atom. The second-order valence-corrected chi connectivity index (χ2v) is 7.14. The molecule has 1 saturated heterocycles. The van der Waals surface area contributed by atoms with E-state index >= 15 is 0 Å². The molecule has 3 atom stereocenters. The molecule has 0 aromatic heterocycles. The molecule has 1 unspecified atom stereocenters. The first-order valence-electron chi connectivity index (χ1n) is 9.06. The number of fused-ring (bicyclic) bond motifs is 1. The van der Waals surface area contributed by atoms with Gasteiger partial charge < -0.3 is 19.5 Å². The number of carboxylic acid groups (broad SMARTS) is 1. The molecular formula is C19H23NO5. The van der Waals surface area contributed by atoms with E-state index < -0.39 is 5.97 Å². The van der Waals surface area contributed by atoms with Crippen molar-refractivity contribution in [3.8, 4) is 11.5 Å². The highest BCUT2D eigenvalue weighted by Gasteiger charge is 2.39. The van der Waals surface area contributed by atoms with E-state index in [2.05, 4.69) is 0 Å². The van der Waals surface area contributed by atoms with E-state index in [9.17, 15) is 14.7 Å². The number of aliphatic carboxylic acids is 1. The number of hydrogen-bond donors (Lipinski definition) is 1. The fraction of sp³-hybridized carbons (Fsp3) is 0.579. The summed E-state index contributed by atoms with van der Waals surface area (Å²) in [5, 5.41) is 9.17. The van der Waals surface area contributed by atoms with Crippen LogP contribution in [0.1, 0.15) is 43.7 Å². The lowest BCUT2D eigenvalue weighted by Gasteiger charge is -2.29. The average Bonchev–Trinajstić information content (AvgIpc) is 3.30. The van der Waals surface area contributed by atoms with Gasteiger partial charge in [0.05, 0.1) is 12.0 Å². The first-order valence-corrected chi connectivity index (χ1v) is 9.06. The number of rotatable bonds is 3. The second-order valence-electron chi connectivity index (χ2n) is 7.14. The van der Waals surface area contributed by atoms with Crippen molar-refractivity contribution in [1.29, 1.82) is 0 Å². The van der Waals surface area contributed by atoms with E-state index in [-0.39, 0.29) is 23.8 Å². The van der Waals surface area contributed by atoms with Gasteiger partial charge in [-0.2, -0.15) is 0 Å². The Labute approximate surface area is 146 Å². The normalized spacial score (nSPS) is 28.2. The zero-order valence-corrected chi connectivity index (χ0v) is 14.1. The molecule has 1 aromatic rings. The number of likely N-dealkylation sites (tertiary alicyclic amines) is 1. The number of hydrogen-bond acceptors (Lipinski definition) is 4. The van der Waals surface area contributed by atoms with Crippen LogP contribution in [0.25, 0.3) is 0 Å². The van der Waals surface area contributed by atoms with Gasteiger partial charge in [-0.1, -0.05) is 6.07 Å². The predicted molar refractivity (Wildman–Crippen MR) is 89.6 cm³/mol. The zero-order valence-electron chi connectivity index (χ0n) is 14.1. The number of nitrogens with zero attached hydrogens (tertiary/aromatic N) is 1. The van der Waals surface area contributed by atoms with E-state index in [4.69, 9.17) is 9.47 Å². The summed E-state index contributed by atoms with van der Waals surface area (Å²) in [5.74, 6) is 0.310. The molecule has 2 heterocycles. The van der Waals surface area contributed by atoms with Gasteiger partial charge in [-0.05, 0) is 49.8 Å². The van der Waals surface area contributed by atoms with E-state index in [1.165, 1.54) is 0 Å². The predicted octanol–water partition coefficient (Wildman–Crippen LogP) is 2.62. The quantitative estimate of drug-likeness (QED) is 0.911. The van der Waals surface area contributed by atoms with Crippen LogP contribution < -0.4 is 9.47 Å². The van der Waals surface area contributed by atoms with Crippen LogP contribution in [0.15, 0.2) is 18.2 Å². The SMILES string of the molecule is O=C(O)[C@@H]1CC[C@H](C(=O)N2CCCC2c2ccc3c(c2)OCCO3)C1. The molecule has 134 valence electrons. The summed E-state index contributed by atoms with van der Waals surface area (Å²) >= 11 is 0. The fourth-order valence-electron chi connectivity index (χ4n) is 4.31. The van der Waals surface area contributed by atoms with Crippen molar-refractivity contribution in [3.63, 3.8) is 0 Å². The van der Waals surface area contributed by atoms with Crippen LogP contribution >= 0.6 is 0 Å². The van der Waals surface area contributed by atoms with Crippen LogP contribution in [-0.2, 0) is 9.59 Å². The molecule has 0 radical (unpaired) electrons. The monoisotopic (exact) mass is 345 g/mol. The smallest absolute Gasteiger partial charge is 0.306 e. The van der Waals surface area contributed by atoms with E-state index in [1.54, 1.807) is 0 Å². The van der Waals surface area contributed by atoms with Crippen molar-refractivity contribution in [2.75, 3.05) is 19.8 Å². The number of benzene rings is 1. The van der Waals surface area contributed by atoms with Gasteiger partial charge in [-0.15, -0.1) is 0 Å². The molecule has 2 fully saturated rings. The second kappa shape index (κ2) is 6.58. The van der Waals surface area contributed by atoms with Crippen molar-refractivity contribution in [2.45, 2.75) is 38.1 Å². The summed E-state index contributed by atoms with van der Waals surface area (Å²) in [4.78, 5) is 26.1. The Balaban J connectivity index is 1.51. The Kier molecular flexibility index (Phi) is 4.27. The Bertz CT molecular complexity index is 688. The molecule has 1 aliphatic carbocycles. The number of amides is 1. The molecule has 1 saturated carbocycles. The van der Waals surface area contributed by atoms with Crippen molar-refractivity contribution < 1.29 is 24.2 Å². The lowest BCUT2D eigenvalue weighted by molar-refractivity contribution is -0.141. The number of carboxylic acids is 1. The molecular weight excluding hydrogens is 322 g/mol. The standard InChI is InChI=1S/C19H23NO5/c21-18(13-3-4-14(10-13)19(22)23)20-7-1-2-15(20)12-5-6-16-17(11-12)25-9-8-24-16/h5-6,11,13-15H,1-4,7-10H2,(H,22,23)/t13-,14+,15?/m0/s1. The van der Waals surface area contributed by atoms with E-state index in [1.807, 2.05) is 23.1 Å². The van der Waals surface area contributed by atoms with Crippen molar-refractivity contribution >= 4 is 11.9 Å². The highest BCUT2D eigenvalue weighted by molar-refractivity contribution is 5.81. The maximum Gasteiger partial charge on any atom is 0.306 e. The van der Waals surface area contributed by atoms with Crippen LogP contribution in [0.5, 0.6) is 11.5 Å². The first-order chi connectivity index (χ1) is 12.1. The Hall–Kier alpha value is -2.24. The molecule has 0 spiro atoms. The maximum absolute atomic E-state index is 13.0. The third kappa shape index (κ3) is 3.05. The summed E-state index contributed by atoms with van der Waals surface area (Å²) in [5.41, 5.74) is 1.07. The third-order valence-electron chi connectivity index (χ3n) is 5.62. The number of carbonyl (C=O) groups is 2. The molecule has 6 nitrogen and oxygen atoms in total. The summed E-state index contributed by atoms with van der Waals surface area (Å²) in [7, 11) is 0. The van der Waals surface area contributed by atoms with Crippen molar-refractivity contribution in [2.24, 2.45) is 11.8 Å². The van der Waals surface area contributed by atoms with Crippen molar-refractivity contribution in [1.82, 2.24) is 4.90 Å². The maximum atomic E-state index is 13.0. The summed E-state index contributed by atoms with van der Waals surface area (Å²) in [6.45, 7) is 1.85. The Morgan fingerprint density at radius 1 is 1.04 bits per heavy atom. The minimum absolute atomic E-state index is 0.0483. The molecule has 1 aromatic carbocycles. The van der Waals surface area contributed by atoms with Gasteiger partial charge in [-0.3, -0.25) is 9.59 Å². The van der Waals surface area contributed by atoms with Crippen LogP contribution in [0.3, 0.4) is 0 Å². The highest BCUT2D eigenvalue weighted by atomic mass is 16.6. The van der Waals surface area contributed by atoms with E-state index in [0.29, 0.717) is 32.5 Å². The first kappa shape index (κ1) is 16.2. The van der Waals surface area contributed by atoms with Crippen LogP contribution in [0.4, 0.5) is 0 Å². The summed E-state index contributed by atoms with van der Waals surface area (Å²) < 4.78 is 11.2. The molecule has 4 rings (SSSR count). The van der Waals surface area contributed by atoms with Gasteiger partial charge in [0.2, 0.25) is 5.91 Å². The minimum atomic E-state index is -0.778. The fourth-order valence-corrected chi connectivity index (χ4v) is 4.31. The topological polar surface area (TPSA) is 76.1 Å². The molecule has 0 bridgehead atoms. The average molecular weight is 345 g/mol. The van der Waals surface area contributed by atoms with Gasteiger partial charge in [0.25, 0.3) is 0 Å². The van der Waals surface area contributed by atoms with Gasteiger partial charge >= 0.3 is 5.97 Å². The molecule has 6 heteroatoms. The molecule has 3 aliphatic rings. The largest absolute Gasteiger partial charge is 0.486 e. The van der Waals surface area contributed by atoms with Crippen molar-refractivity contribution in [3.05, 3.63) is 23.8 Å². The van der Waals surface area contributed by atoms with Crippen LogP contribution in [0.2, 0.25) is 0 Å². The van der Waals surface area contributed by atoms with Crippen LogP contribution in [0, 0.1) is 11.8 Å². The lowest BCUT2D eigenvalue weighted by Crippen LogP contribution is -2.35. The highest BCUT2D eigenvalue weighted by Crippen LogP contribution is 2.40. The summed E-state index contributed by atoms with van der Waals surface area (Å²) in [6, 6.07) is 5.96. The van der Waals surface area contributed by atoms with E-state index in [0.717, 1.165) is 36.4 Å². The van der Waals surface area contributed by atoms with Gasteiger partial charge in [0.15, 0.2) is 11.5 Å². The molecule has 1 N–H and O–H groups in total. The molecule has 25 heavy (non-hydrogen) atoms. The lowest BCUT2D eigenvalue weighted by atomic mass is 10.00. The summed E-state index contributed by atoms with van der Waals surface area (Å²) in [6.07, 6.45) is 3.66. The number of carbonyl (C=O) groups excluding carboxylic acids is 1. The number of ether oxygens (including phenoxy) is 2. The van der Waals surface area contributed by atoms with Crippen LogP contribution in [-0.4, -0.2) is 41.6 Å². The van der Waals surface area contributed by atoms with Gasteiger partial charge in [0, 0.05) is 12.5 Å². The zero-order chi connectivity index (χ0) is 17.4.